The summed E-state index contributed by atoms with van der Waals surface area (Å²) in [5.41, 5.74) is 3.02. The molecule has 3 rings (SSSR count). The Morgan fingerprint density at radius 1 is 1.17 bits per heavy atom. The number of fused-ring (bicyclic) bond motifs is 1. The van der Waals surface area contributed by atoms with E-state index in [0.717, 1.165) is 27.2 Å². The van der Waals surface area contributed by atoms with Crippen molar-refractivity contribution in [3.05, 3.63) is 52.8 Å². The first-order chi connectivity index (χ1) is 8.66. The standard InChI is InChI=1S/C14H11BrN2O/c1-9-4-2-7-12-13(15)16-14(17(9)12)10-5-3-6-11(18)8-10/h2-8,18H,1H3. The monoisotopic (exact) mass is 302 g/mol. The number of imidazole rings is 1. The van der Waals surface area contributed by atoms with Gasteiger partial charge in [-0.15, -0.1) is 0 Å². The Morgan fingerprint density at radius 3 is 2.72 bits per heavy atom. The number of phenolic OH excluding ortho intramolecular Hbond substituents is 1. The molecule has 4 heteroatoms. The summed E-state index contributed by atoms with van der Waals surface area (Å²) in [6, 6.07) is 13.2. The number of aromatic hydroxyl groups is 1. The van der Waals surface area contributed by atoms with Crippen molar-refractivity contribution in [3.63, 3.8) is 0 Å². The number of pyridine rings is 1. The molecule has 0 unspecified atom stereocenters. The van der Waals surface area contributed by atoms with Crippen molar-refractivity contribution in [2.45, 2.75) is 6.92 Å². The Labute approximate surface area is 113 Å². The van der Waals surface area contributed by atoms with Gasteiger partial charge in [-0.25, -0.2) is 4.98 Å². The molecule has 0 bridgehead atoms. The van der Waals surface area contributed by atoms with Crippen molar-refractivity contribution in [1.82, 2.24) is 9.38 Å². The van der Waals surface area contributed by atoms with Crippen LogP contribution in [0.1, 0.15) is 5.69 Å². The second kappa shape index (κ2) is 4.14. The van der Waals surface area contributed by atoms with E-state index in [9.17, 15) is 5.11 Å². The fourth-order valence-electron chi connectivity index (χ4n) is 2.10. The number of aryl methyl sites for hydroxylation is 1. The Kier molecular flexibility index (Phi) is 2.59. The van der Waals surface area contributed by atoms with Gasteiger partial charge >= 0.3 is 0 Å². The van der Waals surface area contributed by atoms with E-state index in [1.54, 1.807) is 12.1 Å². The van der Waals surface area contributed by atoms with E-state index < -0.39 is 0 Å². The van der Waals surface area contributed by atoms with Crippen LogP contribution in [0.25, 0.3) is 16.9 Å². The molecule has 2 heterocycles. The van der Waals surface area contributed by atoms with Crippen LogP contribution >= 0.6 is 15.9 Å². The number of benzene rings is 1. The maximum absolute atomic E-state index is 9.57. The predicted molar refractivity (Wildman–Crippen MR) is 74.7 cm³/mol. The third-order valence-electron chi connectivity index (χ3n) is 2.92. The maximum atomic E-state index is 9.57. The molecule has 0 aliphatic carbocycles. The van der Waals surface area contributed by atoms with E-state index in [2.05, 4.69) is 25.3 Å². The first kappa shape index (κ1) is 11.3. The zero-order valence-corrected chi connectivity index (χ0v) is 11.3. The van der Waals surface area contributed by atoms with E-state index in [4.69, 9.17) is 0 Å². The molecule has 0 aliphatic heterocycles. The van der Waals surface area contributed by atoms with Crippen LogP contribution in [0.4, 0.5) is 0 Å². The van der Waals surface area contributed by atoms with Gasteiger partial charge in [0.05, 0.1) is 5.52 Å². The minimum absolute atomic E-state index is 0.244. The number of halogens is 1. The lowest BCUT2D eigenvalue weighted by atomic mass is 10.2. The number of rotatable bonds is 1. The van der Waals surface area contributed by atoms with E-state index in [0.29, 0.717) is 0 Å². The van der Waals surface area contributed by atoms with Crippen molar-refractivity contribution >= 4 is 21.4 Å². The van der Waals surface area contributed by atoms with Gasteiger partial charge in [0.15, 0.2) is 0 Å². The summed E-state index contributed by atoms with van der Waals surface area (Å²) in [5.74, 6) is 1.07. The van der Waals surface area contributed by atoms with E-state index >= 15 is 0 Å². The Balaban J connectivity index is 2.36. The van der Waals surface area contributed by atoms with Crippen LogP contribution in [-0.4, -0.2) is 14.5 Å². The highest BCUT2D eigenvalue weighted by Gasteiger charge is 2.12. The normalized spacial score (nSPS) is 11.0. The highest BCUT2D eigenvalue weighted by Crippen LogP contribution is 2.28. The van der Waals surface area contributed by atoms with Gasteiger partial charge in [-0.1, -0.05) is 18.2 Å². The van der Waals surface area contributed by atoms with Crippen LogP contribution in [0.15, 0.2) is 47.1 Å². The van der Waals surface area contributed by atoms with E-state index in [1.807, 2.05) is 37.3 Å². The van der Waals surface area contributed by atoms with Crippen LogP contribution in [0.2, 0.25) is 0 Å². The van der Waals surface area contributed by atoms with Crippen molar-refractivity contribution < 1.29 is 5.11 Å². The van der Waals surface area contributed by atoms with E-state index in [1.165, 1.54) is 0 Å². The summed E-state index contributed by atoms with van der Waals surface area (Å²) in [6.07, 6.45) is 0. The van der Waals surface area contributed by atoms with E-state index in [-0.39, 0.29) is 5.75 Å². The van der Waals surface area contributed by atoms with Gasteiger partial charge < -0.3 is 5.11 Å². The molecule has 3 nitrogen and oxygen atoms in total. The fourth-order valence-corrected chi connectivity index (χ4v) is 2.58. The Hall–Kier alpha value is -1.81. The molecule has 0 saturated carbocycles. The smallest absolute Gasteiger partial charge is 0.146 e. The van der Waals surface area contributed by atoms with Crippen molar-refractivity contribution in [2.75, 3.05) is 0 Å². The number of nitrogens with zero attached hydrogens (tertiary/aromatic N) is 2. The fraction of sp³-hybridized carbons (Fsp3) is 0.0714. The molecule has 1 aromatic carbocycles. The molecule has 0 saturated heterocycles. The lowest BCUT2D eigenvalue weighted by Gasteiger charge is -2.05. The predicted octanol–water partition coefficient (Wildman–Crippen LogP) is 3.78. The van der Waals surface area contributed by atoms with Gasteiger partial charge in [0, 0.05) is 11.3 Å². The lowest BCUT2D eigenvalue weighted by molar-refractivity contribution is 0.475. The van der Waals surface area contributed by atoms with Crippen LogP contribution in [0.5, 0.6) is 5.75 Å². The average Bonchev–Trinajstić information content (AvgIpc) is 2.69. The highest BCUT2D eigenvalue weighted by molar-refractivity contribution is 9.10. The Morgan fingerprint density at radius 2 is 1.94 bits per heavy atom. The molecule has 3 aromatic rings. The summed E-state index contributed by atoms with van der Waals surface area (Å²) in [5, 5.41) is 9.57. The molecule has 90 valence electrons. The minimum Gasteiger partial charge on any atom is -0.508 e. The van der Waals surface area contributed by atoms with Crippen LogP contribution < -0.4 is 0 Å². The second-order valence-electron chi connectivity index (χ2n) is 4.16. The van der Waals surface area contributed by atoms with Crippen LogP contribution in [0.3, 0.4) is 0 Å². The number of phenols is 1. The zero-order valence-electron chi connectivity index (χ0n) is 9.76. The van der Waals surface area contributed by atoms with Gasteiger partial charge in [-0.2, -0.15) is 0 Å². The molecule has 0 spiro atoms. The minimum atomic E-state index is 0.244. The molecule has 18 heavy (non-hydrogen) atoms. The van der Waals surface area contributed by atoms with Crippen molar-refractivity contribution in [3.8, 4) is 17.1 Å². The summed E-state index contributed by atoms with van der Waals surface area (Å²) in [6.45, 7) is 2.04. The quantitative estimate of drug-likeness (QED) is 0.743. The third-order valence-corrected chi connectivity index (χ3v) is 3.50. The third kappa shape index (κ3) is 1.69. The van der Waals surface area contributed by atoms with Gasteiger partial charge in [0.2, 0.25) is 0 Å². The zero-order chi connectivity index (χ0) is 12.7. The average molecular weight is 303 g/mol. The molecule has 0 atom stereocenters. The van der Waals surface area contributed by atoms with Gasteiger partial charge in [0.1, 0.15) is 16.2 Å². The summed E-state index contributed by atoms with van der Waals surface area (Å²) in [4.78, 5) is 4.53. The first-order valence-corrected chi connectivity index (χ1v) is 6.39. The van der Waals surface area contributed by atoms with Gasteiger partial charge in [-0.3, -0.25) is 4.40 Å². The maximum Gasteiger partial charge on any atom is 0.146 e. The SMILES string of the molecule is Cc1cccc2c(Br)nc(-c3cccc(O)c3)n12. The number of aromatic nitrogens is 2. The van der Waals surface area contributed by atoms with Gasteiger partial charge in [0.25, 0.3) is 0 Å². The molecule has 0 amide bonds. The topological polar surface area (TPSA) is 37.5 Å². The summed E-state index contributed by atoms with van der Waals surface area (Å²) < 4.78 is 2.88. The Bertz CT molecular complexity index is 734. The number of hydrogen-bond donors (Lipinski definition) is 1. The van der Waals surface area contributed by atoms with Crippen LogP contribution in [-0.2, 0) is 0 Å². The molecule has 0 aliphatic rings. The molecule has 0 fully saturated rings. The molecular weight excluding hydrogens is 292 g/mol. The van der Waals surface area contributed by atoms with Crippen molar-refractivity contribution in [1.29, 1.82) is 0 Å². The largest absolute Gasteiger partial charge is 0.508 e. The molecule has 1 N–H and O–H groups in total. The highest BCUT2D eigenvalue weighted by atomic mass is 79.9. The first-order valence-electron chi connectivity index (χ1n) is 5.60. The summed E-state index contributed by atoms with van der Waals surface area (Å²) >= 11 is 3.47. The molecule has 0 radical (unpaired) electrons. The summed E-state index contributed by atoms with van der Waals surface area (Å²) in [7, 11) is 0. The molecule has 2 aromatic heterocycles. The second-order valence-corrected chi connectivity index (χ2v) is 4.92. The molecular formula is C14H11BrN2O. The van der Waals surface area contributed by atoms with Crippen LogP contribution in [0, 0.1) is 6.92 Å². The van der Waals surface area contributed by atoms with Gasteiger partial charge in [-0.05, 0) is 47.1 Å². The number of hydrogen-bond acceptors (Lipinski definition) is 2. The van der Waals surface area contributed by atoms with Crippen molar-refractivity contribution in [2.24, 2.45) is 0 Å². The lowest BCUT2D eigenvalue weighted by Crippen LogP contribution is -1.93.